The van der Waals surface area contributed by atoms with Gasteiger partial charge in [0.05, 0.1) is 0 Å². The summed E-state index contributed by atoms with van der Waals surface area (Å²) in [7, 11) is 0. The number of carbonyl (C=O) groups excluding carboxylic acids is 2. The fourth-order valence-corrected chi connectivity index (χ4v) is 4.38. The number of hydrogen-bond donors (Lipinski definition) is 0. The molecule has 2 nitrogen and oxygen atoms in total. The second-order valence-electron chi connectivity index (χ2n) is 8.63. The van der Waals surface area contributed by atoms with E-state index in [0.29, 0.717) is 23.4 Å². The lowest BCUT2D eigenvalue weighted by Crippen LogP contribution is -2.24. The van der Waals surface area contributed by atoms with E-state index in [1.165, 1.54) is 0 Å². The van der Waals surface area contributed by atoms with Gasteiger partial charge >= 0.3 is 0 Å². The van der Waals surface area contributed by atoms with Crippen molar-refractivity contribution in [2.75, 3.05) is 11.5 Å². The molecule has 0 bridgehead atoms. The highest BCUT2D eigenvalue weighted by Gasteiger charge is 2.24. The van der Waals surface area contributed by atoms with E-state index >= 15 is 0 Å². The molecule has 142 valence electrons. The third kappa shape index (κ3) is 9.86. The molecule has 24 heavy (non-hydrogen) atoms. The van der Waals surface area contributed by atoms with Crippen molar-refractivity contribution in [3.05, 3.63) is 0 Å². The molecule has 0 aromatic carbocycles. The average Bonchev–Trinajstić information content (AvgIpc) is 2.46. The van der Waals surface area contributed by atoms with E-state index < -0.39 is 0 Å². The SMILES string of the molecule is CC(C)CC(CCSCC(CC(C)C)C(=O)C(C)C)C(=O)C(C)C. The van der Waals surface area contributed by atoms with Gasteiger partial charge in [0.25, 0.3) is 0 Å². The number of rotatable bonds is 13. The summed E-state index contributed by atoms with van der Waals surface area (Å²) in [6.07, 6.45) is 2.91. The molecule has 0 radical (unpaired) electrons. The van der Waals surface area contributed by atoms with E-state index in [-0.39, 0.29) is 23.7 Å². The van der Waals surface area contributed by atoms with Crippen LogP contribution in [0, 0.1) is 35.5 Å². The first-order chi connectivity index (χ1) is 11.1. The maximum absolute atomic E-state index is 12.4. The number of Topliss-reactive ketones (excluding diaryl/α,β-unsaturated/α-hetero) is 2. The van der Waals surface area contributed by atoms with Crippen molar-refractivity contribution in [1.29, 1.82) is 0 Å². The third-order valence-corrected chi connectivity index (χ3v) is 5.55. The molecule has 0 fully saturated rings. The topological polar surface area (TPSA) is 34.1 Å². The van der Waals surface area contributed by atoms with E-state index in [1.807, 2.05) is 39.5 Å². The zero-order chi connectivity index (χ0) is 18.9. The Morgan fingerprint density at radius 2 is 1.12 bits per heavy atom. The zero-order valence-electron chi connectivity index (χ0n) is 17.2. The molecule has 0 heterocycles. The average molecular weight is 357 g/mol. The lowest BCUT2D eigenvalue weighted by molar-refractivity contribution is -0.126. The van der Waals surface area contributed by atoms with Crippen LogP contribution in [0.15, 0.2) is 0 Å². The summed E-state index contributed by atoms with van der Waals surface area (Å²) in [5, 5.41) is 0. The van der Waals surface area contributed by atoms with Crippen LogP contribution in [0.2, 0.25) is 0 Å². The lowest BCUT2D eigenvalue weighted by Gasteiger charge is -2.22. The summed E-state index contributed by atoms with van der Waals surface area (Å²) in [5.74, 6) is 4.37. The normalized spacial score (nSPS) is 14.7. The van der Waals surface area contributed by atoms with Gasteiger partial charge in [-0.2, -0.15) is 11.8 Å². The Morgan fingerprint density at radius 1 is 0.708 bits per heavy atom. The quantitative estimate of drug-likeness (QED) is 0.386. The lowest BCUT2D eigenvalue weighted by atomic mass is 9.86. The minimum Gasteiger partial charge on any atom is -0.299 e. The van der Waals surface area contributed by atoms with Gasteiger partial charge in [-0.1, -0.05) is 55.4 Å². The monoisotopic (exact) mass is 356 g/mol. The summed E-state index contributed by atoms with van der Waals surface area (Å²) < 4.78 is 0. The number of carbonyl (C=O) groups is 2. The van der Waals surface area contributed by atoms with Gasteiger partial charge in [0, 0.05) is 29.4 Å². The Morgan fingerprint density at radius 3 is 1.54 bits per heavy atom. The van der Waals surface area contributed by atoms with E-state index in [4.69, 9.17) is 0 Å². The van der Waals surface area contributed by atoms with Crippen molar-refractivity contribution in [2.24, 2.45) is 35.5 Å². The van der Waals surface area contributed by atoms with E-state index in [9.17, 15) is 9.59 Å². The largest absolute Gasteiger partial charge is 0.299 e. The first-order valence-corrected chi connectivity index (χ1v) is 10.9. The molecule has 0 saturated heterocycles. The first kappa shape index (κ1) is 23.7. The van der Waals surface area contributed by atoms with E-state index in [2.05, 4.69) is 27.7 Å². The van der Waals surface area contributed by atoms with Gasteiger partial charge in [0.2, 0.25) is 0 Å². The Hall–Kier alpha value is -0.310. The highest BCUT2D eigenvalue weighted by atomic mass is 32.2. The number of thioether (sulfide) groups is 1. The zero-order valence-corrected chi connectivity index (χ0v) is 18.0. The molecule has 0 spiro atoms. The van der Waals surface area contributed by atoms with Gasteiger partial charge in [-0.15, -0.1) is 0 Å². The molecular formula is C21H40O2S. The predicted octanol–water partition coefficient (Wildman–Crippen LogP) is 5.88. The smallest absolute Gasteiger partial charge is 0.139 e. The van der Waals surface area contributed by atoms with Crippen LogP contribution in [-0.2, 0) is 9.59 Å². The van der Waals surface area contributed by atoms with Gasteiger partial charge < -0.3 is 0 Å². The van der Waals surface area contributed by atoms with Crippen molar-refractivity contribution in [1.82, 2.24) is 0 Å². The highest BCUT2D eigenvalue weighted by molar-refractivity contribution is 7.99. The summed E-state index contributed by atoms with van der Waals surface area (Å²) in [4.78, 5) is 24.8. The summed E-state index contributed by atoms with van der Waals surface area (Å²) >= 11 is 1.86. The standard InChI is InChI=1S/C21H40O2S/c1-14(2)11-18(20(22)16(5)6)9-10-24-13-19(12-15(3)4)21(23)17(7)8/h14-19H,9-13H2,1-8H3. The van der Waals surface area contributed by atoms with Crippen LogP contribution in [0.3, 0.4) is 0 Å². The number of ketones is 2. The molecule has 0 N–H and O–H groups in total. The molecular weight excluding hydrogens is 316 g/mol. The maximum atomic E-state index is 12.4. The minimum atomic E-state index is 0.116. The van der Waals surface area contributed by atoms with Crippen LogP contribution in [-0.4, -0.2) is 23.1 Å². The summed E-state index contributed by atoms with van der Waals surface area (Å²) in [5.41, 5.74) is 0. The minimum absolute atomic E-state index is 0.116. The first-order valence-electron chi connectivity index (χ1n) is 9.71. The molecule has 0 saturated carbocycles. The molecule has 0 rings (SSSR count). The van der Waals surface area contributed by atoms with Crippen LogP contribution in [0.4, 0.5) is 0 Å². The van der Waals surface area contributed by atoms with Crippen LogP contribution in [0.25, 0.3) is 0 Å². The van der Waals surface area contributed by atoms with Crippen molar-refractivity contribution in [3.63, 3.8) is 0 Å². The Bertz CT molecular complexity index is 336. The maximum Gasteiger partial charge on any atom is 0.139 e. The van der Waals surface area contributed by atoms with Crippen molar-refractivity contribution >= 4 is 23.3 Å². The molecule has 2 atom stereocenters. The van der Waals surface area contributed by atoms with Gasteiger partial charge in [0.1, 0.15) is 11.6 Å². The Kier molecular flexibility index (Phi) is 12.0. The second-order valence-corrected chi connectivity index (χ2v) is 9.78. The molecule has 0 amide bonds. The molecule has 0 aliphatic carbocycles. The van der Waals surface area contributed by atoms with Crippen LogP contribution < -0.4 is 0 Å². The van der Waals surface area contributed by atoms with E-state index in [0.717, 1.165) is 30.8 Å². The summed E-state index contributed by atoms with van der Waals surface area (Å²) in [6, 6.07) is 0. The van der Waals surface area contributed by atoms with Crippen LogP contribution in [0.5, 0.6) is 0 Å². The Balaban J connectivity index is 4.51. The van der Waals surface area contributed by atoms with Crippen molar-refractivity contribution in [3.8, 4) is 0 Å². The Labute approximate surface area is 154 Å². The molecule has 0 aliphatic heterocycles. The second kappa shape index (κ2) is 12.1. The molecule has 0 aromatic heterocycles. The van der Waals surface area contributed by atoms with Gasteiger partial charge in [-0.3, -0.25) is 9.59 Å². The predicted molar refractivity (Wildman–Crippen MR) is 108 cm³/mol. The van der Waals surface area contributed by atoms with Crippen molar-refractivity contribution in [2.45, 2.75) is 74.7 Å². The van der Waals surface area contributed by atoms with Crippen LogP contribution >= 0.6 is 11.8 Å². The highest BCUT2D eigenvalue weighted by Crippen LogP contribution is 2.25. The summed E-state index contributed by atoms with van der Waals surface area (Å²) in [6.45, 7) is 16.8. The third-order valence-electron chi connectivity index (χ3n) is 4.38. The van der Waals surface area contributed by atoms with E-state index in [1.54, 1.807) is 0 Å². The molecule has 2 unspecified atom stereocenters. The number of hydrogen-bond acceptors (Lipinski definition) is 3. The fraction of sp³-hybridized carbons (Fsp3) is 0.905. The van der Waals surface area contributed by atoms with Crippen molar-refractivity contribution < 1.29 is 9.59 Å². The fourth-order valence-electron chi connectivity index (χ4n) is 3.17. The van der Waals surface area contributed by atoms with Gasteiger partial charge in [0.15, 0.2) is 0 Å². The van der Waals surface area contributed by atoms with Gasteiger partial charge in [-0.05, 0) is 36.9 Å². The molecule has 0 aliphatic rings. The molecule has 3 heteroatoms. The van der Waals surface area contributed by atoms with Crippen LogP contribution in [0.1, 0.15) is 74.7 Å². The molecule has 0 aromatic rings. The van der Waals surface area contributed by atoms with Gasteiger partial charge in [-0.25, -0.2) is 0 Å².